The number of piperazine rings is 1. The van der Waals surface area contributed by atoms with Crippen LogP contribution in [-0.2, 0) is 14.6 Å². The Labute approximate surface area is 187 Å². The van der Waals surface area contributed by atoms with Crippen molar-refractivity contribution in [3.8, 4) is 0 Å². The fourth-order valence-electron chi connectivity index (χ4n) is 4.06. The highest BCUT2D eigenvalue weighted by Crippen LogP contribution is 2.24. The highest BCUT2D eigenvalue weighted by Gasteiger charge is 2.41. The second-order valence-electron chi connectivity index (χ2n) is 8.77. The van der Waals surface area contributed by atoms with Gasteiger partial charge in [0, 0.05) is 19.1 Å². The standard InChI is InChI=1S/C19H34N4O3S.HI/c1-14(2)9-20-18(21-10-16-7-8-27(25,26)12-16)22-11-17(24)23(15(3)4)19(5,6)13-22;/h15-16H,1,7-13H2,2-6H3,(H,20,21);1H. The molecule has 9 heteroatoms. The Morgan fingerprint density at radius 3 is 2.50 bits per heavy atom. The number of rotatable bonds is 5. The quantitative estimate of drug-likeness (QED) is 0.256. The SMILES string of the molecule is C=C(C)CN=C(NCC1CCS(=O)(=O)C1)N1CC(=O)N(C(C)C)C(C)(C)C1.I. The number of sulfone groups is 1. The number of carbonyl (C=O) groups is 1. The van der Waals surface area contributed by atoms with Crippen molar-refractivity contribution >= 4 is 45.7 Å². The molecule has 2 aliphatic heterocycles. The van der Waals surface area contributed by atoms with Crippen LogP contribution in [0.4, 0.5) is 0 Å². The fraction of sp³-hybridized carbons (Fsp3) is 0.789. The highest BCUT2D eigenvalue weighted by atomic mass is 127. The first-order chi connectivity index (χ1) is 12.4. The van der Waals surface area contributed by atoms with Crippen LogP contribution in [0.25, 0.3) is 0 Å². The minimum atomic E-state index is -2.91. The number of carbonyl (C=O) groups excluding carboxylic acids is 1. The third-order valence-electron chi connectivity index (χ3n) is 5.02. The molecule has 2 saturated heterocycles. The monoisotopic (exact) mass is 526 g/mol. The van der Waals surface area contributed by atoms with Gasteiger partial charge in [-0.3, -0.25) is 4.79 Å². The van der Waals surface area contributed by atoms with Crippen LogP contribution >= 0.6 is 24.0 Å². The summed E-state index contributed by atoms with van der Waals surface area (Å²) in [6, 6.07) is 0.141. The van der Waals surface area contributed by atoms with E-state index >= 15 is 0 Å². The second-order valence-corrected chi connectivity index (χ2v) is 11.0. The van der Waals surface area contributed by atoms with E-state index in [0.717, 1.165) is 5.57 Å². The van der Waals surface area contributed by atoms with Gasteiger partial charge in [-0.1, -0.05) is 12.2 Å². The molecule has 2 heterocycles. The number of nitrogens with one attached hydrogen (secondary N) is 1. The molecule has 0 bridgehead atoms. The van der Waals surface area contributed by atoms with E-state index in [9.17, 15) is 13.2 Å². The molecule has 0 aromatic rings. The zero-order chi connectivity index (χ0) is 20.4. The van der Waals surface area contributed by atoms with Crippen LogP contribution in [-0.4, -0.2) is 79.3 Å². The van der Waals surface area contributed by atoms with E-state index in [2.05, 4.69) is 30.7 Å². The molecule has 2 rings (SSSR count). The largest absolute Gasteiger partial charge is 0.356 e. The molecule has 0 spiro atoms. The summed E-state index contributed by atoms with van der Waals surface area (Å²) >= 11 is 0. The molecular weight excluding hydrogens is 491 g/mol. The zero-order valence-corrected chi connectivity index (χ0v) is 20.8. The molecule has 0 aromatic carbocycles. The molecule has 1 unspecified atom stereocenters. The molecule has 7 nitrogen and oxygen atoms in total. The van der Waals surface area contributed by atoms with Crippen molar-refractivity contribution in [3.05, 3.63) is 12.2 Å². The Balaban J connectivity index is 0.00000392. The molecule has 1 atom stereocenters. The van der Waals surface area contributed by atoms with Crippen LogP contribution < -0.4 is 5.32 Å². The summed E-state index contributed by atoms with van der Waals surface area (Å²) in [6.07, 6.45) is 0.675. The van der Waals surface area contributed by atoms with Gasteiger partial charge in [0.05, 0.1) is 30.1 Å². The number of guanidine groups is 1. The van der Waals surface area contributed by atoms with E-state index in [1.807, 2.05) is 30.6 Å². The lowest BCUT2D eigenvalue weighted by Crippen LogP contribution is -2.66. The van der Waals surface area contributed by atoms with Crippen LogP contribution in [0, 0.1) is 5.92 Å². The average Bonchev–Trinajstić information content (AvgIpc) is 2.84. The Bertz CT molecular complexity index is 719. The van der Waals surface area contributed by atoms with Gasteiger partial charge in [0.1, 0.15) is 0 Å². The predicted molar refractivity (Wildman–Crippen MR) is 125 cm³/mol. The molecule has 0 aromatic heterocycles. The molecule has 1 amide bonds. The number of amides is 1. The molecule has 1 N–H and O–H groups in total. The normalized spacial score (nSPS) is 24.3. The van der Waals surface area contributed by atoms with Gasteiger partial charge in [-0.15, -0.1) is 24.0 Å². The smallest absolute Gasteiger partial charge is 0.242 e. The maximum atomic E-state index is 12.8. The van der Waals surface area contributed by atoms with E-state index in [0.29, 0.717) is 32.0 Å². The summed E-state index contributed by atoms with van der Waals surface area (Å²) in [7, 11) is -2.91. The van der Waals surface area contributed by atoms with Gasteiger partial charge in [-0.05, 0) is 47.0 Å². The first-order valence-electron chi connectivity index (χ1n) is 9.61. The highest BCUT2D eigenvalue weighted by molar-refractivity contribution is 14.0. The predicted octanol–water partition coefficient (Wildman–Crippen LogP) is 1.89. The van der Waals surface area contributed by atoms with E-state index in [-0.39, 0.29) is 65.4 Å². The van der Waals surface area contributed by atoms with E-state index in [1.165, 1.54) is 0 Å². The number of hydrogen-bond donors (Lipinski definition) is 1. The Morgan fingerprint density at radius 1 is 1.39 bits per heavy atom. The minimum Gasteiger partial charge on any atom is -0.356 e. The molecule has 2 aliphatic rings. The topological polar surface area (TPSA) is 82.1 Å². The lowest BCUT2D eigenvalue weighted by Gasteiger charge is -2.49. The first kappa shape index (κ1) is 25.2. The van der Waals surface area contributed by atoms with Gasteiger partial charge in [0.25, 0.3) is 0 Å². The number of aliphatic imine (C=N–C) groups is 1. The van der Waals surface area contributed by atoms with Gasteiger partial charge in [-0.25, -0.2) is 13.4 Å². The molecule has 0 saturated carbocycles. The minimum absolute atomic E-state index is 0. The number of hydrogen-bond acceptors (Lipinski definition) is 4. The van der Waals surface area contributed by atoms with Crippen molar-refractivity contribution in [2.24, 2.45) is 10.9 Å². The molecule has 2 fully saturated rings. The second kappa shape index (κ2) is 9.77. The van der Waals surface area contributed by atoms with Crippen molar-refractivity contribution in [2.45, 2.75) is 52.6 Å². The molecule has 0 aliphatic carbocycles. The van der Waals surface area contributed by atoms with Gasteiger partial charge in [-0.2, -0.15) is 0 Å². The van der Waals surface area contributed by atoms with Crippen LogP contribution in [0.5, 0.6) is 0 Å². The molecule has 28 heavy (non-hydrogen) atoms. The van der Waals surface area contributed by atoms with E-state index in [4.69, 9.17) is 0 Å². The summed E-state index contributed by atoms with van der Waals surface area (Å²) in [6.45, 7) is 16.0. The van der Waals surface area contributed by atoms with E-state index < -0.39 is 9.84 Å². The van der Waals surface area contributed by atoms with Crippen molar-refractivity contribution in [2.75, 3.05) is 37.7 Å². The molecule has 162 valence electrons. The van der Waals surface area contributed by atoms with Gasteiger partial charge in [0.15, 0.2) is 15.8 Å². The van der Waals surface area contributed by atoms with Crippen LogP contribution in [0.3, 0.4) is 0 Å². The number of halogens is 1. The summed E-state index contributed by atoms with van der Waals surface area (Å²) in [5.41, 5.74) is 0.621. The summed E-state index contributed by atoms with van der Waals surface area (Å²) < 4.78 is 23.4. The van der Waals surface area contributed by atoms with Crippen LogP contribution in [0.1, 0.15) is 41.0 Å². The fourth-order valence-corrected chi connectivity index (χ4v) is 5.92. The summed E-state index contributed by atoms with van der Waals surface area (Å²) in [5, 5.41) is 3.33. The van der Waals surface area contributed by atoms with Gasteiger partial charge >= 0.3 is 0 Å². The van der Waals surface area contributed by atoms with Crippen molar-refractivity contribution < 1.29 is 13.2 Å². The van der Waals surface area contributed by atoms with Gasteiger partial charge in [0.2, 0.25) is 5.91 Å². The zero-order valence-electron chi connectivity index (χ0n) is 17.7. The Hall–Kier alpha value is -0.840. The lowest BCUT2D eigenvalue weighted by atomic mass is 9.96. The molecule has 0 radical (unpaired) electrons. The third kappa shape index (κ3) is 6.60. The van der Waals surface area contributed by atoms with Crippen LogP contribution in [0.15, 0.2) is 17.1 Å². The summed E-state index contributed by atoms with van der Waals surface area (Å²) in [4.78, 5) is 21.3. The Morgan fingerprint density at radius 2 is 2.04 bits per heavy atom. The third-order valence-corrected chi connectivity index (χ3v) is 6.85. The van der Waals surface area contributed by atoms with Crippen molar-refractivity contribution in [3.63, 3.8) is 0 Å². The lowest BCUT2D eigenvalue weighted by molar-refractivity contribution is -0.145. The van der Waals surface area contributed by atoms with Gasteiger partial charge < -0.3 is 15.1 Å². The first-order valence-corrected chi connectivity index (χ1v) is 11.4. The molecular formula is C19H35IN4O3S. The maximum Gasteiger partial charge on any atom is 0.242 e. The van der Waals surface area contributed by atoms with Crippen LogP contribution in [0.2, 0.25) is 0 Å². The van der Waals surface area contributed by atoms with E-state index in [1.54, 1.807) is 0 Å². The van der Waals surface area contributed by atoms with Crippen molar-refractivity contribution in [1.82, 2.24) is 15.1 Å². The maximum absolute atomic E-state index is 12.8. The number of nitrogens with zero attached hydrogens (tertiary/aromatic N) is 3. The van der Waals surface area contributed by atoms with Crippen molar-refractivity contribution in [1.29, 1.82) is 0 Å². The summed E-state index contributed by atoms with van der Waals surface area (Å²) in [5.74, 6) is 1.31. The average molecular weight is 526 g/mol. The Kier molecular flexibility index (Phi) is 8.80.